The van der Waals surface area contributed by atoms with Crippen LogP contribution >= 0.6 is 0 Å². The lowest BCUT2D eigenvalue weighted by atomic mass is 10.1. The lowest BCUT2D eigenvalue weighted by Crippen LogP contribution is -2.33. The molecule has 1 N–H and O–H groups in total. The number of nitrogens with zero attached hydrogens (tertiary/aromatic N) is 1. The van der Waals surface area contributed by atoms with E-state index in [-0.39, 0.29) is 11.9 Å². The number of esters is 1. The Kier molecular flexibility index (Phi) is 9.87. The molecule has 0 aliphatic heterocycles. The molecule has 1 aromatic rings. The average Bonchev–Trinajstić information content (AvgIpc) is 2.49. The van der Waals surface area contributed by atoms with E-state index in [0.29, 0.717) is 6.54 Å². The second kappa shape index (κ2) is 10.8. The number of anilines is 1. The Morgan fingerprint density at radius 1 is 1.14 bits per heavy atom. The smallest absolute Gasteiger partial charge is 0.302 e. The molecule has 0 aliphatic rings. The first-order valence-corrected chi connectivity index (χ1v) is 7.48. The molecule has 0 saturated heterocycles. The molecule has 0 unspecified atom stereocenters. The van der Waals surface area contributed by atoms with Crippen LogP contribution in [0.3, 0.4) is 0 Å². The van der Waals surface area contributed by atoms with Gasteiger partial charge in [-0.05, 0) is 38.1 Å². The van der Waals surface area contributed by atoms with Crippen molar-refractivity contribution in [2.24, 2.45) is 0 Å². The number of carbonyl (C=O) groups is 2. The van der Waals surface area contributed by atoms with E-state index in [1.165, 1.54) is 14.0 Å². The second-order valence-electron chi connectivity index (χ2n) is 4.97. The molecule has 0 saturated carbocycles. The van der Waals surface area contributed by atoms with Gasteiger partial charge in [-0.2, -0.15) is 0 Å². The third-order valence-electron chi connectivity index (χ3n) is 3.29. The normalized spacial score (nSPS) is 9.77. The Morgan fingerprint density at radius 2 is 1.59 bits per heavy atom. The van der Waals surface area contributed by atoms with Crippen molar-refractivity contribution in [1.29, 1.82) is 0 Å². The van der Waals surface area contributed by atoms with Crippen molar-refractivity contribution in [2.45, 2.75) is 34.6 Å². The van der Waals surface area contributed by atoms with Crippen LogP contribution < -0.4 is 5.32 Å². The number of carbonyl (C=O) groups excluding carboxylic acids is 2. The maximum Gasteiger partial charge on any atom is 0.302 e. The van der Waals surface area contributed by atoms with Crippen LogP contribution in [-0.2, 0) is 14.3 Å². The van der Waals surface area contributed by atoms with Crippen molar-refractivity contribution < 1.29 is 14.3 Å². The summed E-state index contributed by atoms with van der Waals surface area (Å²) in [7, 11) is 1.35. The first-order valence-electron chi connectivity index (χ1n) is 7.48. The van der Waals surface area contributed by atoms with Crippen LogP contribution in [0.25, 0.3) is 0 Å². The minimum absolute atomic E-state index is 0.0612. The largest absolute Gasteiger partial charge is 0.469 e. The standard InChI is InChI=1S/C14H22N2O.C3H6O2/c1-5-16(6-2)10-13(17)15-14-11(3)8-7-9-12(14)4;1-3(4)5-2/h7-9H,5-6,10H2,1-4H3,(H,15,17);1-2H3. The van der Waals surface area contributed by atoms with Crippen LogP contribution in [-0.4, -0.2) is 43.5 Å². The maximum atomic E-state index is 11.9. The van der Waals surface area contributed by atoms with Gasteiger partial charge in [0.25, 0.3) is 0 Å². The Balaban J connectivity index is 0.000000763. The minimum atomic E-state index is -0.245. The van der Waals surface area contributed by atoms with Gasteiger partial charge in [0.2, 0.25) is 5.91 Å². The zero-order valence-corrected chi connectivity index (χ0v) is 14.5. The number of hydrogen-bond acceptors (Lipinski definition) is 4. The van der Waals surface area contributed by atoms with Crippen LogP contribution in [0.5, 0.6) is 0 Å². The van der Waals surface area contributed by atoms with E-state index >= 15 is 0 Å². The van der Waals surface area contributed by atoms with E-state index in [0.717, 1.165) is 29.9 Å². The van der Waals surface area contributed by atoms with Crippen molar-refractivity contribution in [3.8, 4) is 0 Å². The molecule has 1 aromatic carbocycles. The van der Waals surface area contributed by atoms with Gasteiger partial charge in [0.15, 0.2) is 0 Å². The lowest BCUT2D eigenvalue weighted by Gasteiger charge is -2.18. The third-order valence-corrected chi connectivity index (χ3v) is 3.29. The van der Waals surface area contributed by atoms with Gasteiger partial charge in [0, 0.05) is 12.6 Å². The third kappa shape index (κ3) is 7.78. The molecule has 1 rings (SSSR count). The molecule has 0 aromatic heterocycles. The highest BCUT2D eigenvalue weighted by Gasteiger charge is 2.09. The summed E-state index contributed by atoms with van der Waals surface area (Å²) in [5, 5.41) is 3.00. The molecule has 124 valence electrons. The summed E-state index contributed by atoms with van der Waals surface area (Å²) in [5.41, 5.74) is 3.17. The summed E-state index contributed by atoms with van der Waals surface area (Å²) in [4.78, 5) is 23.6. The number of nitrogens with one attached hydrogen (secondary N) is 1. The van der Waals surface area contributed by atoms with Crippen molar-refractivity contribution in [1.82, 2.24) is 4.90 Å². The fraction of sp³-hybridized carbons (Fsp3) is 0.529. The minimum Gasteiger partial charge on any atom is -0.469 e. The first kappa shape index (κ1) is 20.1. The molecule has 0 bridgehead atoms. The number of amides is 1. The first-order chi connectivity index (χ1) is 10.3. The molecule has 0 fully saturated rings. The van der Waals surface area contributed by atoms with Crippen LogP contribution in [0.15, 0.2) is 18.2 Å². The number of aryl methyl sites for hydroxylation is 2. The quantitative estimate of drug-likeness (QED) is 0.850. The van der Waals surface area contributed by atoms with Crippen molar-refractivity contribution in [3.05, 3.63) is 29.3 Å². The molecule has 0 radical (unpaired) electrons. The summed E-state index contributed by atoms with van der Waals surface area (Å²) in [6.07, 6.45) is 0. The molecule has 5 nitrogen and oxygen atoms in total. The van der Waals surface area contributed by atoms with E-state index in [2.05, 4.69) is 28.8 Å². The molecule has 0 spiro atoms. The zero-order chi connectivity index (χ0) is 17.1. The van der Waals surface area contributed by atoms with E-state index in [4.69, 9.17) is 0 Å². The topological polar surface area (TPSA) is 58.6 Å². The SMILES string of the molecule is CCN(CC)CC(=O)Nc1c(C)cccc1C.COC(C)=O. The Morgan fingerprint density at radius 3 is 1.95 bits per heavy atom. The number of hydrogen-bond donors (Lipinski definition) is 1. The summed E-state index contributed by atoms with van der Waals surface area (Å²) in [5.74, 6) is -0.184. The molecule has 22 heavy (non-hydrogen) atoms. The Hall–Kier alpha value is -1.88. The van der Waals surface area contributed by atoms with Gasteiger partial charge in [0.05, 0.1) is 13.7 Å². The molecule has 0 heterocycles. The Labute approximate surface area is 133 Å². The van der Waals surface area contributed by atoms with Gasteiger partial charge >= 0.3 is 5.97 Å². The van der Waals surface area contributed by atoms with Gasteiger partial charge in [-0.3, -0.25) is 14.5 Å². The number of rotatable bonds is 5. The molecule has 0 atom stereocenters. The summed E-state index contributed by atoms with van der Waals surface area (Å²) < 4.78 is 4.11. The highest BCUT2D eigenvalue weighted by Crippen LogP contribution is 2.19. The van der Waals surface area contributed by atoms with Gasteiger partial charge in [0.1, 0.15) is 0 Å². The van der Waals surface area contributed by atoms with Crippen molar-refractivity contribution in [3.63, 3.8) is 0 Å². The van der Waals surface area contributed by atoms with Crippen LogP contribution in [0, 0.1) is 13.8 Å². The summed E-state index contributed by atoms with van der Waals surface area (Å²) in [6.45, 7) is 11.8. The van der Waals surface area contributed by atoms with Gasteiger partial charge in [-0.1, -0.05) is 32.0 Å². The number of para-hydroxylation sites is 1. The number of benzene rings is 1. The number of likely N-dealkylation sites (N-methyl/N-ethyl adjacent to an activating group) is 1. The number of ether oxygens (including phenoxy) is 1. The van der Waals surface area contributed by atoms with Gasteiger partial charge < -0.3 is 10.1 Å². The monoisotopic (exact) mass is 308 g/mol. The molecule has 0 aliphatic carbocycles. The van der Waals surface area contributed by atoms with Crippen molar-refractivity contribution >= 4 is 17.6 Å². The van der Waals surface area contributed by atoms with E-state index < -0.39 is 0 Å². The number of methoxy groups -OCH3 is 1. The summed E-state index contributed by atoms with van der Waals surface area (Å²) >= 11 is 0. The fourth-order valence-corrected chi connectivity index (χ4v) is 1.84. The van der Waals surface area contributed by atoms with Crippen LogP contribution in [0.2, 0.25) is 0 Å². The van der Waals surface area contributed by atoms with Crippen LogP contribution in [0.4, 0.5) is 5.69 Å². The van der Waals surface area contributed by atoms with Gasteiger partial charge in [-0.15, -0.1) is 0 Å². The Bertz CT molecular complexity index is 463. The maximum absolute atomic E-state index is 11.9. The average molecular weight is 308 g/mol. The predicted octanol–water partition coefficient (Wildman–Crippen LogP) is 2.76. The molecule has 1 amide bonds. The second-order valence-corrected chi connectivity index (χ2v) is 4.97. The van der Waals surface area contributed by atoms with Crippen LogP contribution in [0.1, 0.15) is 31.9 Å². The van der Waals surface area contributed by atoms with E-state index in [1.54, 1.807) is 0 Å². The van der Waals surface area contributed by atoms with E-state index in [9.17, 15) is 9.59 Å². The highest BCUT2D eigenvalue weighted by atomic mass is 16.5. The molecular weight excluding hydrogens is 280 g/mol. The van der Waals surface area contributed by atoms with Gasteiger partial charge in [-0.25, -0.2) is 0 Å². The zero-order valence-electron chi connectivity index (χ0n) is 14.5. The molecule has 5 heteroatoms. The lowest BCUT2D eigenvalue weighted by molar-refractivity contribution is -0.137. The predicted molar refractivity (Wildman–Crippen MR) is 90.0 cm³/mol. The molecular formula is C17H28N2O3. The van der Waals surface area contributed by atoms with Crippen molar-refractivity contribution in [2.75, 3.05) is 32.1 Å². The fourth-order valence-electron chi connectivity index (χ4n) is 1.84. The summed E-state index contributed by atoms with van der Waals surface area (Å²) in [6, 6.07) is 6.03. The highest BCUT2D eigenvalue weighted by molar-refractivity contribution is 5.93. The van der Waals surface area contributed by atoms with E-state index in [1.807, 2.05) is 32.0 Å².